The molecule has 0 fully saturated rings. The summed E-state index contributed by atoms with van der Waals surface area (Å²) >= 11 is 0. The molecule has 1 heterocycles. The topological polar surface area (TPSA) is 77.3 Å². The van der Waals surface area contributed by atoms with E-state index in [1.54, 1.807) is 26.2 Å². The fraction of sp³-hybridized carbons (Fsp3) is 0.167. The normalized spacial score (nSPS) is 11.8. The minimum atomic E-state index is -0.409. The number of methoxy groups -OCH3 is 1. The zero-order valence-electron chi connectivity index (χ0n) is 13.4. The van der Waals surface area contributed by atoms with Crippen LogP contribution in [0.1, 0.15) is 29.2 Å². The number of para-hydroxylation sites is 1. The lowest BCUT2D eigenvalue weighted by molar-refractivity contribution is 0.0932. The zero-order chi connectivity index (χ0) is 16.9. The van der Waals surface area contributed by atoms with Gasteiger partial charge in [0.2, 0.25) is 11.7 Å². The molecule has 1 aromatic heterocycles. The van der Waals surface area contributed by atoms with Crippen LogP contribution in [0.15, 0.2) is 59.1 Å². The van der Waals surface area contributed by atoms with Gasteiger partial charge in [-0.25, -0.2) is 0 Å². The summed E-state index contributed by atoms with van der Waals surface area (Å²) in [5.41, 5.74) is 1.31. The maximum absolute atomic E-state index is 12.2. The van der Waals surface area contributed by atoms with Crippen LogP contribution in [0, 0.1) is 0 Å². The van der Waals surface area contributed by atoms with Gasteiger partial charge >= 0.3 is 0 Å². The Morgan fingerprint density at radius 2 is 1.83 bits per heavy atom. The third-order valence-corrected chi connectivity index (χ3v) is 3.54. The molecule has 0 saturated carbocycles. The molecule has 3 rings (SSSR count). The van der Waals surface area contributed by atoms with E-state index in [-0.39, 0.29) is 5.91 Å². The van der Waals surface area contributed by atoms with E-state index >= 15 is 0 Å². The van der Waals surface area contributed by atoms with Crippen LogP contribution >= 0.6 is 0 Å². The summed E-state index contributed by atoms with van der Waals surface area (Å²) in [6, 6.07) is 16.0. The molecule has 0 aliphatic rings. The van der Waals surface area contributed by atoms with E-state index in [4.69, 9.17) is 9.26 Å². The van der Waals surface area contributed by atoms with Gasteiger partial charge in [-0.15, -0.1) is 0 Å². The van der Waals surface area contributed by atoms with Gasteiger partial charge < -0.3 is 14.6 Å². The molecular weight excluding hydrogens is 306 g/mol. The molecule has 0 bridgehead atoms. The molecule has 0 aliphatic heterocycles. The number of carbonyl (C=O) groups is 1. The number of hydrogen-bond donors (Lipinski definition) is 1. The van der Waals surface area contributed by atoms with E-state index in [9.17, 15) is 4.79 Å². The molecule has 0 aliphatic carbocycles. The van der Waals surface area contributed by atoms with Crippen molar-refractivity contribution in [2.24, 2.45) is 0 Å². The maximum atomic E-state index is 12.2. The highest BCUT2D eigenvalue weighted by Gasteiger charge is 2.19. The molecule has 6 nitrogen and oxygen atoms in total. The highest BCUT2D eigenvalue weighted by Crippen LogP contribution is 2.27. The number of rotatable bonds is 5. The second-order valence-electron chi connectivity index (χ2n) is 5.22. The minimum absolute atomic E-state index is 0.194. The Morgan fingerprint density at radius 1 is 1.12 bits per heavy atom. The minimum Gasteiger partial charge on any atom is -0.496 e. The summed E-state index contributed by atoms with van der Waals surface area (Å²) in [5, 5.41) is 6.82. The van der Waals surface area contributed by atoms with Crippen LogP contribution in [-0.2, 0) is 0 Å². The highest BCUT2D eigenvalue weighted by atomic mass is 16.5. The molecule has 1 N–H and O–H groups in total. The Morgan fingerprint density at radius 3 is 2.58 bits per heavy atom. The van der Waals surface area contributed by atoms with Crippen molar-refractivity contribution in [2.45, 2.75) is 13.0 Å². The first-order valence-electron chi connectivity index (χ1n) is 7.52. The van der Waals surface area contributed by atoms with Crippen molar-refractivity contribution in [3.8, 4) is 17.1 Å². The van der Waals surface area contributed by atoms with Crippen LogP contribution in [0.3, 0.4) is 0 Å². The molecule has 2 aromatic carbocycles. The zero-order valence-corrected chi connectivity index (χ0v) is 13.4. The van der Waals surface area contributed by atoms with Crippen LogP contribution in [0.25, 0.3) is 11.4 Å². The Hall–Kier alpha value is -3.15. The van der Waals surface area contributed by atoms with E-state index in [1.807, 2.05) is 42.5 Å². The molecule has 122 valence electrons. The van der Waals surface area contributed by atoms with E-state index in [1.165, 1.54) is 0 Å². The molecular formula is C18H17N3O3. The Bertz CT molecular complexity index is 830. The first kappa shape index (κ1) is 15.7. The molecule has 0 saturated heterocycles. The second kappa shape index (κ2) is 6.95. The molecule has 1 amide bonds. The summed E-state index contributed by atoms with van der Waals surface area (Å²) in [5.74, 6) is 1.22. The van der Waals surface area contributed by atoms with E-state index in [0.29, 0.717) is 23.0 Å². The molecule has 24 heavy (non-hydrogen) atoms. The second-order valence-corrected chi connectivity index (χ2v) is 5.22. The van der Waals surface area contributed by atoms with Gasteiger partial charge in [-0.05, 0) is 31.2 Å². The van der Waals surface area contributed by atoms with Gasteiger partial charge in [0, 0.05) is 5.56 Å². The van der Waals surface area contributed by atoms with Gasteiger partial charge in [-0.2, -0.15) is 4.98 Å². The standard InChI is InChI=1S/C18H17N3O3/c1-12(19-17(22)13-8-4-3-5-9-13)18-20-16(21-24-18)14-10-6-7-11-15(14)23-2/h3-12H,1-2H3,(H,19,22). The number of nitrogens with zero attached hydrogens (tertiary/aromatic N) is 2. The molecule has 1 atom stereocenters. The van der Waals surface area contributed by atoms with Crippen molar-refractivity contribution in [2.75, 3.05) is 7.11 Å². The van der Waals surface area contributed by atoms with Crippen molar-refractivity contribution in [1.29, 1.82) is 0 Å². The third kappa shape index (κ3) is 3.27. The molecule has 0 radical (unpaired) electrons. The number of carbonyl (C=O) groups excluding carboxylic acids is 1. The van der Waals surface area contributed by atoms with Gasteiger partial charge in [-0.1, -0.05) is 35.5 Å². The predicted octanol–water partition coefficient (Wildman–Crippen LogP) is 3.24. The Labute approximate surface area is 139 Å². The van der Waals surface area contributed by atoms with Crippen LogP contribution in [0.2, 0.25) is 0 Å². The fourth-order valence-corrected chi connectivity index (χ4v) is 2.28. The first-order valence-corrected chi connectivity index (χ1v) is 7.52. The molecule has 3 aromatic rings. The fourth-order valence-electron chi connectivity index (χ4n) is 2.28. The highest BCUT2D eigenvalue weighted by molar-refractivity contribution is 5.94. The van der Waals surface area contributed by atoms with Gasteiger partial charge in [0.25, 0.3) is 5.91 Å². The first-order chi connectivity index (χ1) is 11.7. The summed E-state index contributed by atoms with van der Waals surface area (Å²) in [6.45, 7) is 1.79. The van der Waals surface area contributed by atoms with Gasteiger partial charge in [0.15, 0.2) is 0 Å². The predicted molar refractivity (Wildman–Crippen MR) is 88.6 cm³/mol. The van der Waals surface area contributed by atoms with Crippen LogP contribution in [0.5, 0.6) is 5.75 Å². The number of benzene rings is 2. The summed E-state index contributed by atoms with van der Waals surface area (Å²) < 4.78 is 10.6. The van der Waals surface area contributed by atoms with Crippen molar-refractivity contribution in [1.82, 2.24) is 15.5 Å². The van der Waals surface area contributed by atoms with Gasteiger partial charge in [-0.3, -0.25) is 4.79 Å². The SMILES string of the molecule is COc1ccccc1-c1noc(C(C)NC(=O)c2ccccc2)n1. The number of hydrogen-bond acceptors (Lipinski definition) is 5. The number of aromatic nitrogens is 2. The quantitative estimate of drug-likeness (QED) is 0.780. The lowest BCUT2D eigenvalue weighted by Gasteiger charge is -2.09. The average molecular weight is 323 g/mol. The van der Waals surface area contributed by atoms with Crippen molar-refractivity contribution in [3.63, 3.8) is 0 Å². The number of ether oxygens (including phenoxy) is 1. The summed E-state index contributed by atoms with van der Waals surface area (Å²) in [4.78, 5) is 16.5. The number of amides is 1. The van der Waals surface area contributed by atoms with Crippen LogP contribution in [0.4, 0.5) is 0 Å². The third-order valence-electron chi connectivity index (χ3n) is 3.54. The maximum Gasteiger partial charge on any atom is 0.251 e. The summed E-state index contributed by atoms with van der Waals surface area (Å²) in [7, 11) is 1.59. The van der Waals surface area contributed by atoms with Crippen molar-refractivity contribution in [3.05, 3.63) is 66.1 Å². The van der Waals surface area contributed by atoms with Gasteiger partial charge in [0.05, 0.1) is 12.7 Å². The van der Waals surface area contributed by atoms with E-state index < -0.39 is 6.04 Å². The van der Waals surface area contributed by atoms with Crippen LogP contribution in [-0.4, -0.2) is 23.2 Å². The average Bonchev–Trinajstić information content (AvgIpc) is 3.12. The molecule has 6 heteroatoms. The molecule has 0 spiro atoms. The Balaban J connectivity index is 1.77. The lowest BCUT2D eigenvalue weighted by atomic mass is 10.2. The number of nitrogens with one attached hydrogen (secondary N) is 1. The van der Waals surface area contributed by atoms with E-state index in [0.717, 1.165) is 5.56 Å². The Kier molecular flexibility index (Phi) is 4.56. The van der Waals surface area contributed by atoms with E-state index in [2.05, 4.69) is 15.5 Å². The molecule has 1 unspecified atom stereocenters. The lowest BCUT2D eigenvalue weighted by Crippen LogP contribution is -2.26. The van der Waals surface area contributed by atoms with Crippen molar-refractivity contribution >= 4 is 5.91 Å². The van der Waals surface area contributed by atoms with Crippen molar-refractivity contribution < 1.29 is 14.1 Å². The monoisotopic (exact) mass is 323 g/mol. The largest absolute Gasteiger partial charge is 0.496 e. The summed E-state index contributed by atoms with van der Waals surface area (Å²) in [6.07, 6.45) is 0. The van der Waals surface area contributed by atoms with Gasteiger partial charge in [0.1, 0.15) is 11.8 Å². The van der Waals surface area contributed by atoms with Crippen LogP contribution < -0.4 is 10.1 Å². The smallest absolute Gasteiger partial charge is 0.251 e.